The molecule has 0 spiro atoms. The zero-order chi connectivity index (χ0) is 14.7. The maximum Gasteiger partial charge on any atom is 0.262 e. The number of aryl methyl sites for hydroxylation is 1. The van der Waals surface area contributed by atoms with E-state index in [0.29, 0.717) is 5.76 Å². The number of furan rings is 1. The fraction of sp³-hybridized carbons (Fsp3) is 0.308. The highest BCUT2D eigenvalue weighted by atomic mass is 16.3. The topological polar surface area (TPSA) is 99.4 Å². The van der Waals surface area contributed by atoms with Crippen molar-refractivity contribution in [3.05, 3.63) is 40.7 Å². The number of nitrogens with one attached hydrogen (secondary N) is 1. The Morgan fingerprint density at radius 1 is 1.65 bits per heavy atom. The lowest BCUT2D eigenvalue weighted by Gasteiger charge is -2.19. The standard InChI is InChI=1S/C13H15N3O4/c1-3-4-16(5-6-17)13(19)9-8(2)20-12-10(9)11(18)14-7-15-12/h3,7,17H,1,4-6H2,2H3,(H,14,15,18). The van der Waals surface area contributed by atoms with Gasteiger partial charge < -0.3 is 19.4 Å². The summed E-state index contributed by atoms with van der Waals surface area (Å²) in [5, 5.41) is 9.14. The molecule has 0 bridgehead atoms. The smallest absolute Gasteiger partial charge is 0.262 e. The van der Waals surface area contributed by atoms with Gasteiger partial charge in [0.15, 0.2) is 0 Å². The first kappa shape index (κ1) is 14.0. The van der Waals surface area contributed by atoms with Crippen LogP contribution < -0.4 is 5.56 Å². The first-order valence-corrected chi connectivity index (χ1v) is 6.08. The van der Waals surface area contributed by atoms with Crippen LogP contribution in [-0.2, 0) is 0 Å². The van der Waals surface area contributed by atoms with Crippen molar-refractivity contribution < 1.29 is 14.3 Å². The predicted octanol–water partition coefficient (Wildman–Crippen LogP) is 0.445. The van der Waals surface area contributed by atoms with Gasteiger partial charge in [-0.3, -0.25) is 9.59 Å². The molecule has 2 rings (SSSR count). The molecule has 7 heteroatoms. The van der Waals surface area contributed by atoms with Crippen LogP contribution >= 0.6 is 0 Å². The van der Waals surface area contributed by atoms with Gasteiger partial charge in [0.25, 0.3) is 11.5 Å². The fourth-order valence-corrected chi connectivity index (χ4v) is 2.02. The summed E-state index contributed by atoms with van der Waals surface area (Å²) in [4.78, 5) is 32.1. The summed E-state index contributed by atoms with van der Waals surface area (Å²) >= 11 is 0. The first-order chi connectivity index (χ1) is 9.60. The number of hydrogen-bond donors (Lipinski definition) is 2. The second-order valence-electron chi connectivity index (χ2n) is 4.21. The van der Waals surface area contributed by atoms with Gasteiger partial charge >= 0.3 is 0 Å². The van der Waals surface area contributed by atoms with Gasteiger partial charge in [0, 0.05) is 13.1 Å². The van der Waals surface area contributed by atoms with E-state index in [1.807, 2.05) is 0 Å². The van der Waals surface area contributed by atoms with Gasteiger partial charge in [0.2, 0.25) is 5.71 Å². The van der Waals surface area contributed by atoms with Gasteiger partial charge in [-0.2, -0.15) is 0 Å². The van der Waals surface area contributed by atoms with Crippen molar-refractivity contribution in [3.63, 3.8) is 0 Å². The van der Waals surface area contributed by atoms with Crippen LogP contribution in [0.2, 0.25) is 0 Å². The SMILES string of the molecule is C=CCN(CCO)C(=O)c1c(C)oc2nc[nH]c(=O)c12. The fourth-order valence-electron chi connectivity index (χ4n) is 2.02. The van der Waals surface area contributed by atoms with Gasteiger partial charge in [0.05, 0.1) is 18.5 Å². The van der Waals surface area contributed by atoms with Crippen molar-refractivity contribution in [2.45, 2.75) is 6.92 Å². The van der Waals surface area contributed by atoms with Gasteiger partial charge in [-0.1, -0.05) is 6.08 Å². The molecule has 0 saturated carbocycles. The predicted molar refractivity (Wildman–Crippen MR) is 72.6 cm³/mol. The molecule has 2 aromatic heterocycles. The largest absolute Gasteiger partial charge is 0.442 e. The van der Waals surface area contributed by atoms with E-state index in [0.717, 1.165) is 0 Å². The number of aromatic nitrogens is 2. The third-order valence-electron chi connectivity index (χ3n) is 2.89. The Balaban J connectivity index is 2.56. The Labute approximate surface area is 114 Å². The molecule has 106 valence electrons. The van der Waals surface area contributed by atoms with E-state index in [9.17, 15) is 9.59 Å². The van der Waals surface area contributed by atoms with E-state index in [1.165, 1.54) is 11.2 Å². The lowest BCUT2D eigenvalue weighted by Crippen LogP contribution is -2.34. The Kier molecular flexibility index (Phi) is 3.99. The monoisotopic (exact) mass is 277 g/mol. The van der Waals surface area contributed by atoms with Crippen LogP contribution in [-0.4, -0.2) is 45.6 Å². The van der Waals surface area contributed by atoms with Crippen LogP contribution in [0.3, 0.4) is 0 Å². The van der Waals surface area contributed by atoms with Crippen molar-refractivity contribution in [3.8, 4) is 0 Å². The van der Waals surface area contributed by atoms with Crippen LogP contribution in [0.25, 0.3) is 11.1 Å². The molecular weight excluding hydrogens is 262 g/mol. The molecule has 0 aromatic carbocycles. The summed E-state index contributed by atoms with van der Waals surface area (Å²) in [5.74, 6) is -0.0742. The molecule has 0 unspecified atom stereocenters. The van der Waals surface area contributed by atoms with E-state index in [4.69, 9.17) is 9.52 Å². The highest BCUT2D eigenvalue weighted by molar-refractivity contribution is 6.06. The van der Waals surface area contributed by atoms with E-state index in [2.05, 4.69) is 16.5 Å². The normalized spacial score (nSPS) is 10.7. The lowest BCUT2D eigenvalue weighted by atomic mass is 10.1. The molecule has 0 fully saturated rings. The van der Waals surface area contributed by atoms with Gasteiger partial charge in [0.1, 0.15) is 11.1 Å². The summed E-state index contributed by atoms with van der Waals surface area (Å²) in [6.07, 6.45) is 2.77. The molecule has 7 nitrogen and oxygen atoms in total. The van der Waals surface area contributed by atoms with Gasteiger partial charge in [-0.05, 0) is 6.92 Å². The van der Waals surface area contributed by atoms with Gasteiger partial charge in [-0.25, -0.2) is 4.98 Å². The number of amides is 1. The highest BCUT2D eigenvalue weighted by Gasteiger charge is 2.25. The highest BCUT2D eigenvalue weighted by Crippen LogP contribution is 2.22. The minimum Gasteiger partial charge on any atom is -0.442 e. The van der Waals surface area contributed by atoms with Crippen LogP contribution in [0.15, 0.2) is 28.2 Å². The lowest BCUT2D eigenvalue weighted by molar-refractivity contribution is 0.0742. The quantitative estimate of drug-likeness (QED) is 0.773. The third kappa shape index (κ3) is 2.35. The first-order valence-electron chi connectivity index (χ1n) is 6.08. The van der Waals surface area contributed by atoms with E-state index in [-0.39, 0.29) is 36.4 Å². The van der Waals surface area contributed by atoms with Crippen molar-refractivity contribution in [2.24, 2.45) is 0 Å². The molecule has 20 heavy (non-hydrogen) atoms. The maximum atomic E-state index is 12.5. The van der Waals surface area contributed by atoms with Crippen molar-refractivity contribution in [1.29, 1.82) is 0 Å². The number of H-pyrrole nitrogens is 1. The minimum absolute atomic E-state index is 0.122. The van der Waals surface area contributed by atoms with E-state index >= 15 is 0 Å². The number of rotatable bonds is 5. The Morgan fingerprint density at radius 3 is 3.05 bits per heavy atom. The molecule has 1 amide bonds. The maximum absolute atomic E-state index is 12.5. The minimum atomic E-state index is -0.433. The molecule has 0 aliphatic carbocycles. The van der Waals surface area contributed by atoms with Crippen molar-refractivity contribution >= 4 is 17.0 Å². The number of aliphatic hydroxyl groups excluding tert-OH is 1. The molecule has 2 heterocycles. The number of aromatic amines is 1. The molecule has 2 aromatic rings. The van der Waals surface area contributed by atoms with E-state index in [1.54, 1.807) is 13.0 Å². The third-order valence-corrected chi connectivity index (χ3v) is 2.89. The summed E-state index contributed by atoms with van der Waals surface area (Å²) < 4.78 is 5.34. The van der Waals surface area contributed by atoms with Crippen molar-refractivity contribution in [2.75, 3.05) is 19.7 Å². The average Bonchev–Trinajstić information content (AvgIpc) is 2.75. The van der Waals surface area contributed by atoms with Crippen LogP contribution in [0, 0.1) is 6.92 Å². The number of nitrogens with zero attached hydrogens (tertiary/aromatic N) is 2. The summed E-state index contributed by atoms with van der Waals surface area (Å²) in [5.41, 5.74) is -0.139. The number of carbonyl (C=O) groups is 1. The Hall–Kier alpha value is -2.41. The van der Waals surface area contributed by atoms with E-state index < -0.39 is 11.5 Å². The summed E-state index contributed by atoms with van der Waals surface area (Å²) in [6, 6.07) is 0. The Bertz CT molecular complexity index is 701. The van der Waals surface area contributed by atoms with Gasteiger partial charge in [-0.15, -0.1) is 6.58 Å². The Morgan fingerprint density at radius 2 is 2.40 bits per heavy atom. The van der Waals surface area contributed by atoms with Crippen LogP contribution in [0.1, 0.15) is 16.1 Å². The molecule has 0 radical (unpaired) electrons. The second-order valence-corrected chi connectivity index (χ2v) is 4.21. The number of fused-ring (bicyclic) bond motifs is 1. The molecule has 2 N–H and O–H groups in total. The second kappa shape index (κ2) is 5.70. The molecule has 0 aliphatic rings. The number of aliphatic hydroxyl groups is 1. The molecule has 0 atom stereocenters. The number of hydrogen-bond acceptors (Lipinski definition) is 5. The zero-order valence-corrected chi connectivity index (χ0v) is 11.0. The zero-order valence-electron chi connectivity index (χ0n) is 11.0. The summed E-state index contributed by atoms with van der Waals surface area (Å²) in [6.45, 7) is 5.40. The summed E-state index contributed by atoms with van der Waals surface area (Å²) in [7, 11) is 0. The van der Waals surface area contributed by atoms with Crippen molar-refractivity contribution in [1.82, 2.24) is 14.9 Å². The molecular formula is C13H15N3O4. The molecule has 0 aliphatic heterocycles. The number of carbonyl (C=O) groups excluding carboxylic acids is 1. The average molecular weight is 277 g/mol. The van der Waals surface area contributed by atoms with Crippen LogP contribution in [0.5, 0.6) is 0 Å². The van der Waals surface area contributed by atoms with Crippen LogP contribution in [0.4, 0.5) is 0 Å². The molecule has 0 saturated heterocycles.